The third kappa shape index (κ3) is 2.51. The third-order valence-electron chi connectivity index (χ3n) is 3.04. The summed E-state index contributed by atoms with van der Waals surface area (Å²) in [5, 5.41) is 0. The molecular weight excluding hydrogens is 260 g/mol. The molecule has 0 bridgehead atoms. The first kappa shape index (κ1) is 13.7. The molecular formula is C10H18N2O5S. The van der Waals surface area contributed by atoms with Crippen LogP contribution in [0, 0.1) is 0 Å². The van der Waals surface area contributed by atoms with Gasteiger partial charge in [0, 0.05) is 13.1 Å². The van der Waals surface area contributed by atoms with E-state index in [-0.39, 0.29) is 6.61 Å². The lowest BCUT2D eigenvalue weighted by Crippen LogP contribution is -2.47. The van der Waals surface area contributed by atoms with Gasteiger partial charge in [-0.2, -0.15) is 12.7 Å². The maximum Gasteiger partial charge on any atom is 0.324 e. The Bertz CT molecular complexity index is 404. The van der Waals surface area contributed by atoms with Gasteiger partial charge in [-0.05, 0) is 26.2 Å². The van der Waals surface area contributed by atoms with Gasteiger partial charge in [0.25, 0.3) is 0 Å². The average Bonchev–Trinajstić information content (AvgIpc) is 3.01. The molecule has 2 saturated heterocycles. The Balaban J connectivity index is 2.13. The van der Waals surface area contributed by atoms with Gasteiger partial charge in [-0.3, -0.25) is 9.63 Å². The molecule has 1 unspecified atom stereocenters. The van der Waals surface area contributed by atoms with E-state index < -0.39 is 22.2 Å². The molecule has 2 aliphatic rings. The van der Waals surface area contributed by atoms with Gasteiger partial charge in [0.15, 0.2) is 0 Å². The second kappa shape index (κ2) is 5.52. The molecule has 0 aromatic carbocycles. The van der Waals surface area contributed by atoms with Crippen LogP contribution < -0.4 is 0 Å². The first-order valence-corrected chi connectivity index (χ1v) is 7.56. The summed E-state index contributed by atoms with van der Waals surface area (Å²) in [6, 6.07) is -0.709. The molecule has 2 fully saturated rings. The minimum Gasteiger partial charge on any atom is -0.465 e. The van der Waals surface area contributed by atoms with Crippen LogP contribution in [0.4, 0.5) is 0 Å². The smallest absolute Gasteiger partial charge is 0.324 e. The molecule has 1 atom stereocenters. The quantitative estimate of drug-likeness (QED) is 0.671. The summed E-state index contributed by atoms with van der Waals surface area (Å²) in [7, 11) is -3.71. The van der Waals surface area contributed by atoms with Gasteiger partial charge >= 0.3 is 16.2 Å². The van der Waals surface area contributed by atoms with Gasteiger partial charge < -0.3 is 4.74 Å². The standard InChI is InChI=1S/C10H18N2O5S/c1-2-16-10(13)9-5-3-6-11(9)18(14,15)12-7-4-8-17-12/h9H,2-8H2,1H3. The number of hydroxylamine groups is 1. The topological polar surface area (TPSA) is 76.2 Å². The highest BCUT2D eigenvalue weighted by molar-refractivity contribution is 7.86. The van der Waals surface area contributed by atoms with Crippen LogP contribution in [0.3, 0.4) is 0 Å². The van der Waals surface area contributed by atoms with Crippen molar-refractivity contribution in [1.82, 2.24) is 8.77 Å². The summed E-state index contributed by atoms with van der Waals surface area (Å²) >= 11 is 0. The van der Waals surface area contributed by atoms with Crippen LogP contribution in [-0.4, -0.2) is 55.5 Å². The Morgan fingerprint density at radius 2 is 2.17 bits per heavy atom. The van der Waals surface area contributed by atoms with Crippen LogP contribution in [0.1, 0.15) is 26.2 Å². The second-order valence-electron chi connectivity index (χ2n) is 4.24. The fourth-order valence-corrected chi connectivity index (χ4v) is 3.89. The molecule has 18 heavy (non-hydrogen) atoms. The van der Waals surface area contributed by atoms with Crippen molar-refractivity contribution in [3.8, 4) is 0 Å². The van der Waals surface area contributed by atoms with E-state index in [1.807, 2.05) is 0 Å². The van der Waals surface area contributed by atoms with E-state index >= 15 is 0 Å². The Morgan fingerprint density at radius 1 is 1.39 bits per heavy atom. The number of hydrogen-bond donors (Lipinski definition) is 0. The molecule has 8 heteroatoms. The monoisotopic (exact) mass is 278 g/mol. The molecule has 104 valence electrons. The molecule has 0 spiro atoms. The molecule has 0 radical (unpaired) electrons. The molecule has 0 saturated carbocycles. The van der Waals surface area contributed by atoms with Crippen molar-refractivity contribution < 1.29 is 22.8 Å². The Hall–Kier alpha value is -0.700. The second-order valence-corrected chi connectivity index (χ2v) is 6.01. The van der Waals surface area contributed by atoms with Crippen LogP contribution in [0.15, 0.2) is 0 Å². The van der Waals surface area contributed by atoms with Crippen LogP contribution in [0.5, 0.6) is 0 Å². The SMILES string of the molecule is CCOC(=O)C1CCCN1S(=O)(=O)N1CCCO1. The normalized spacial score (nSPS) is 26.6. The van der Waals surface area contributed by atoms with Crippen molar-refractivity contribution >= 4 is 16.2 Å². The number of rotatable bonds is 4. The van der Waals surface area contributed by atoms with Crippen LogP contribution >= 0.6 is 0 Å². The van der Waals surface area contributed by atoms with Crippen molar-refractivity contribution in [3.05, 3.63) is 0 Å². The number of hydrogen-bond acceptors (Lipinski definition) is 5. The molecule has 7 nitrogen and oxygen atoms in total. The highest BCUT2D eigenvalue weighted by Crippen LogP contribution is 2.25. The van der Waals surface area contributed by atoms with Gasteiger partial charge in [-0.15, -0.1) is 0 Å². The molecule has 2 heterocycles. The van der Waals surface area contributed by atoms with E-state index in [1.54, 1.807) is 6.92 Å². The summed E-state index contributed by atoms with van der Waals surface area (Å²) < 4.78 is 31.6. The van der Waals surface area contributed by atoms with Gasteiger partial charge in [0.2, 0.25) is 0 Å². The van der Waals surface area contributed by atoms with Crippen molar-refractivity contribution in [2.24, 2.45) is 0 Å². The number of carbonyl (C=O) groups excluding carboxylic acids is 1. The van der Waals surface area contributed by atoms with Crippen molar-refractivity contribution in [3.63, 3.8) is 0 Å². The van der Waals surface area contributed by atoms with Crippen molar-refractivity contribution in [1.29, 1.82) is 0 Å². The first-order chi connectivity index (χ1) is 8.57. The van der Waals surface area contributed by atoms with Gasteiger partial charge in [-0.1, -0.05) is 4.47 Å². The Kier molecular flexibility index (Phi) is 4.21. The minimum atomic E-state index is -3.71. The van der Waals surface area contributed by atoms with E-state index in [9.17, 15) is 13.2 Å². The molecule has 0 aromatic rings. The zero-order chi connectivity index (χ0) is 13.2. The van der Waals surface area contributed by atoms with E-state index in [0.29, 0.717) is 39.0 Å². The average molecular weight is 278 g/mol. The highest BCUT2D eigenvalue weighted by atomic mass is 32.2. The van der Waals surface area contributed by atoms with Gasteiger partial charge in [0.05, 0.1) is 13.2 Å². The highest BCUT2D eigenvalue weighted by Gasteiger charge is 2.43. The molecule has 0 amide bonds. The summed E-state index contributed by atoms with van der Waals surface area (Å²) in [6.07, 6.45) is 1.85. The number of nitrogens with zero attached hydrogens (tertiary/aromatic N) is 2. The van der Waals surface area contributed by atoms with Gasteiger partial charge in [-0.25, -0.2) is 0 Å². The lowest BCUT2D eigenvalue weighted by molar-refractivity contribution is -0.147. The van der Waals surface area contributed by atoms with Crippen LogP contribution in [0.2, 0.25) is 0 Å². The zero-order valence-corrected chi connectivity index (χ0v) is 11.2. The Labute approximate surface area is 107 Å². The fraction of sp³-hybridized carbons (Fsp3) is 0.900. The summed E-state index contributed by atoms with van der Waals surface area (Å²) in [5.41, 5.74) is 0. The van der Waals surface area contributed by atoms with E-state index in [1.165, 1.54) is 4.31 Å². The molecule has 2 rings (SSSR count). The largest absolute Gasteiger partial charge is 0.465 e. The van der Waals surface area contributed by atoms with E-state index in [2.05, 4.69) is 0 Å². The summed E-state index contributed by atoms with van der Waals surface area (Å²) in [4.78, 5) is 16.8. The first-order valence-electron chi connectivity index (χ1n) is 6.16. The summed E-state index contributed by atoms with van der Waals surface area (Å²) in [6.45, 7) is 3.04. The van der Waals surface area contributed by atoms with Gasteiger partial charge in [0.1, 0.15) is 6.04 Å². The summed E-state index contributed by atoms with van der Waals surface area (Å²) in [5.74, 6) is -0.474. The van der Waals surface area contributed by atoms with Crippen LogP contribution in [-0.2, 0) is 24.6 Å². The lowest BCUT2D eigenvalue weighted by Gasteiger charge is -2.26. The minimum absolute atomic E-state index is 0.253. The number of carbonyl (C=O) groups is 1. The number of esters is 1. The number of ether oxygens (including phenoxy) is 1. The maximum atomic E-state index is 12.3. The lowest BCUT2D eigenvalue weighted by atomic mass is 10.2. The predicted molar refractivity (Wildman–Crippen MR) is 62.6 cm³/mol. The Morgan fingerprint density at radius 3 is 2.78 bits per heavy atom. The van der Waals surface area contributed by atoms with E-state index in [4.69, 9.17) is 9.57 Å². The predicted octanol–water partition coefficient (Wildman–Crippen LogP) is -0.104. The zero-order valence-electron chi connectivity index (χ0n) is 10.4. The molecule has 0 N–H and O–H groups in total. The molecule has 0 aromatic heterocycles. The van der Waals surface area contributed by atoms with Crippen molar-refractivity contribution in [2.75, 3.05) is 26.3 Å². The molecule has 2 aliphatic heterocycles. The van der Waals surface area contributed by atoms with Crippen molar-refractivity contribution in [2.45, 2.75) is 32.2 Å². The third-order valence-corrected chi connectivity index (χ3v) is 4.87. The van der Waals surface area contributed by atoms with E-state index in [0.717, 1.165) is 4.47 Å². The fourth-order valence-electron chi connectivity index (χ4n) is 2.21. The maximum absolute atomic E-state index is 12.3. The molecule has 0 aliphatic carbocycles. The van der Waals surface area contributed by atoms with Crippen LogP contribution in [0.25, 0.3) is 0 Å².